The lowest BCUT2D eigenvalue weighted by molar-refractivity contribution is -0.125. The van der Waals surface area contributed by atoms with E-state index in [-0.39, 0.29) is 23.3 Å². The van der Waals surface area contributed by atoms with Gasteiger partial charge in [0.1, 0.15) is 5.82 Å². The number of para-hydroxylation sites is 1. The molecule has 2 rings (SSSR count). The van der Waals surface area contributed by atoms with E-state index in [4.69, 9.17) is 5.73 Å². The maximum atomic E-state index is 13.4. The molecular weight excluding hydrogens is 233 g/mol. The summed E-state index contributed by atoms with van der Waals surface area (Å²) in [6.45, 7) is 1.46. The minimum atomic E-state index is -0.388. The summed E-state index contributed by atoms with van der Waals surface area (Å²) >= 11 is 0. The minimum Gasteiger partial charge on any atom is -0.395 e. The van der Waals surface area contributed by atoms with Crippen molar-refractivity contribution in [3.05, 3.63) is 24.0 Å². The highest BCUT2D eigenvalue weighted by molar-refractivity contribution is 5.79. The van der Waals surface area contributed by atoms with E-state index in [9.17, 15) is 9.18 Å². The number of nitrogens with two attached hydrogens (primary N) is 1. The van der Waals surface area contributed by atoms with Crippen molar-refractivity contribution in [1.29, 1.82) is 0 Å². The number of rotatable bonds is 2. The average Bonchev–Trinajstić information content (AvgIpc) is 2.41. The maximum absolute atomic E-state index is 13.4. The zero-order chi connectivity index (χ0) is 13.1. The smallest absolute Gasteiger partial charge is 0.222 e. The molecule has 0 aliphatic carbocycles. The van der Waals surface area contributed by atoms with Crippen LogP contribution in [-0.4, -0.2) is 26.0 Å². The van der Waals surface area contributed by atoms with Crippen LogP contribution in [0.4, 0.5) is 15.8 Å². The van der Waals surface area contributed by atoms with Gasteiger partial charge in [-0.25, -0.2) is 4.39 Å². The first-order valence-electron chi connectivity index (χ1n) is 6.14. The molecule has 0 saturated carbocycles. The molecule has 0 radical (unpaired) electrons. The lowest BCUT2D eigenvalue weighted by Gasteiger charge is -2.33. The van der Waals surface area contributed by atoms with Crippen molar-refractivity contribution in [3.63, 3.8) is 0 Å². The van der Waals surface area contributed by atoms with Crippen LogP contribution in [0.25, 0.3) is 0 Å². The Morgan fingerprint density at radius 2 is 2.11 bits per heavy atom. The number of amides is 1. The van der Waals surface area contributed by atoms with Crippen molar-refractivity contribution < 1.29 is 9.18 Å². The standard InChI is InChI=1S/C13H18FN3O/c1-16-13(18)9-5-7-17(8-6-9)11-4-2-3-10(14)12(11)15/h2-4,9H,5-8,15H2,1H3,(H,16,18). The topological polar surface area (TPSA) is 58.4 Å². The molecule has 1 amide bonds. The number of nitrogens with one attached hydrogen (secondary N) is 1. The van der Waals surface area contributed by atoms with Crippen molar-refractivity contribution in [1.82, 2.24) is 5.32 Å². The lowest BCUT2D eigenvalue weighted by atomic mass is 9.95. The summed E-state index contributed by atoms with van der Waals surface area (Å²) in [6, 6.07) is 4.83. The van der Waals surface area contributed by atoms with Crippen LogP contribution in [0.5, 0.6) is 0 Å². The molecule has 0 aromatic heterocycles. The summed E-state index contributed by atoms with van der Waals surface area (Å²) < 4.78 is 13.4. The molecule has 0 spiro atoms. The van der Waals surface area contributed by atoms with Gasteiger partial charge in [0.05, 0.1) is 11.4 Å². The predicted octanol–water partition coefficient (Wildman–Crippen LogP) is 1.37. The number of anilines is 2. The summed E-state index contributed by atoms with van der Waals surface area (Å²) in [6.07, 6.45) is 1.55. The summed E-state index contributed by atoms with van der Waals surface area (Å²) in [5, 5.41) is 2.67. The molecule has 4 nitrogen and oxygen atoms in total. The van der Waals surface area contributed by atoms with Gasteiger partial charge in [-0.2, -0.15) is 0 Å². The van der Waals surface area contributed by atoms with Gasteiger partial charge in [0.15, 0.2) is 0 Å². The molecule has 0 atom stereocenters. The van der Waals surface area contributed by atoms with E-state index in [1.54, 1.807) is 13.1 Å². The molecule has 1 aromatic rings. The Kier molecular flexibility index (Phi) is 3.69. The number of nitrogens with zero attached hydrogens (tertiary/aromatic N) is 1. The van der Waals surface area contributed by atoms with Crippen LogP contribution in [0.1, 0.15) is 12.8 Å². The molecule has 0 bridgehead atoms. The molecule has 1 saturated heterocycles. The number of nitrogen functional groups attached to an aromatic ring is 1. The van der Waals surface area contributed by atoms with Crippen LogP contribution in [0, 0.1) is 11.7 Å². The quantitative estimate of drug-likeness (QED) is 0.780. The van der Waals surface area contributed by atoms with Gasteiger partial charge in [0.25, 0.3) is 0 Å². The van der Waals surface area contributed by atoms with Gasteiger partial charge in [-0.05, 0) is 25.0 Å². The first-order chi connectivity index (χ1) is 8.63. The van der Waals surface area contributed by atoms with Gasteiger partial charge in [0.2, 0.25) is 5.91 Å². The first kappa shape index (κ1) is 12.7. The Hall–Kier alpha value is -1.78. The second-order valence-electron chi connectivity index (χ2n) is 4.55. The Balaban J connectivity index is 2.06. The zero-order valence-corrected chi connectivity index (χ0v) is 10.4. The van der Waals surface area contributed by atoms with Crippen molar-refractivity contribution in [2.75, 3.05) is 30.8 Å². The molecule has 1 aliphatic heterocycles. The van der Waals surface area contributed by atoms with E-state index in [1.165, 1.54) is 6.07 Å². The van der Waals surface area contributed by atoms with Gasteiger partial charge < -0.3 is 16.0 Å². The number of hydrogen-bond donors (Lipinski definition) is 2. The lowest BCUT2D eigenvalue weighted by Crippen LogP contribution is -2.39. The summed E-state index contributed by atoms with van der Waals surface area (Å²) in [5.41, 5.74) is 6.66. The van der Waals surface area contributed by atoms with Crippen molar-refractivity contribution in [2.45, 2.75) is 12.8 Å². The maximum Gasteiger partial charge on any atom is 0.222 e. The molecule has 1 aromatic carbocycles. The normalized spacial score (nSPS) is 16.7. The Labute approximate surface area is 106 Å². The predicted molar refractivity (Wildman–Crippen MR) is 69.8 cm³/mol. The van der Waals surface area contributed by atoms with Gasteiger partial charge in [0, 0.05) is 26.1 Å². The number of benzene rings is 1. The fraction of sp³-hybridized carbons (Fsp3) is 0.462. The highest BCUT2D eigenvalue weighted by Crippen LogP contribution is 2.29. The molecule has 98 valence electrons. The second-order valence-corrected chi connectivity index (χ2v) is 4.55. The molecule has 3 N–H and O–H groups in total. The van der Waals surface area contributed by atoms with E-state index in [0.717, 1.165) is 31.6 Å². The molecular formula is C13H18FN3O. The highest BCUT2D eigenvalue weighted by Gasteiger charge is 2.25. The Morgan fingerprint density at radius 1 is 1.44 bits per heavy atom. The summed E-state index contributed by atoms with van der Waals surface area (Å²) in [7, 11) is 1.65. The average molecular weight is 251 g/mol. The SMILES string of the molecule is CNC(=O)C1CCN(c2cccc(F)c2N)CC1. The Morgan fingerprint density at radius 3 is 2.72 bits per heavy atom. The monoisotopic (exact) mass is 251 g/mol. The van der Waals surface area contributed by atoms with E-state index in [0.29, 0.717) is 0 Å². The number of piperidine rings is 1. The van der Waals surface area contributed by atoms with E-state index in [1.807, 2.05) is 11.0 Å². The number of carbonyl (C=O) groups excluding carboxylic acids is 1. The molecule has 5 heteroatoms. The van der Waals surface area contributed by atoms with Crippen LogP contribution < -0.4 is 16.0 Å². The largest absolute Gasteiger partial charge is 0.395 e. The fourth-order valence-electron chi connectivity index (χ4n) is 2.39. The third-order valence-electron chi connectivity index (χ3n) is 3.48. The van der Waals surface area contributed by atoms with Crippen LogP contribution in [-0.2, 0) is 4.79 Å². The van der Waals surface area contributed by atoms with Crippen molar-refractivity contribution in [2.24, 2.45) is 5.92 Å². The third kappa shape index (κ3) is 2.39. The van der Waals surface area contributed by atoms with Crippen LogP contribution in [0.2, 0.25) is 0 Å². The molecule has 18 heavy (non-hydrogen) atoms. The zero-order valence-electron chi connectivity index (χ0n) is 10.4. The van der Waals surface area contributed by atoms with Crippen LogP contribution in [0.3, 0.4) is 0 Å². The van der Waals surface area contributed by atoms with Gasteiger partial charge in [-0.1, -0.05) is 6.07 Å². The molecule has 0 unspecified atom stereocenters. The number of hydrogen-bond acceptors (Lipinski definition) is 3. The minimum absolute atomic E-state index is 0.0565. The van der Waals surface area contributed by atoms with Crippen molar-refractivity contribution in [3.8, 4) is 0 Å². The van der Waals surface area contributed by atoms with E-state index in [2.05, 4.69) is 5.32 Å². The van der Waals surface area contributed by atoms with Gasteiger partial charge in [-0.15, -0.1) is 0 Å². The number of halogens is 1. The first-order valence-corrected chi connectivity index (χ1v) is 6.14. The van der Waals surface area contributed by atoms with Gasteiger partial charge >= 0.3 is 0 Å². The summed E-state index contributed by atoms with van der Waals surface area (Å²) in [5.74, 6) is -0.246. The second kappa shape index (κ2) is 5.25. The van der Waals surface area contributed by atoms with Crippen LogP contribution in [0.15, 0.2) is 18.2 Å². The highest BCUT2D eigenvalue weighted by atomic mass is 19.1. The van der Waals surface area contributed by atoms with Crippen LogP contribution >= 0.6 is 0 Å². The van der Waals surface area contributed by atoms with Gasteiger partial charge in [-0.3, -0.25) is 4.79 Å². The molecule has 1 aliphatic rings. The number of carbonyl (C=O) groups is 1. The molecule has 1 fully saturated rings. The van der Waals surface area contributed by atoms with Crippen molar-refractivity contribution >= 4 is 17.3 Å². The fourth-order valence-corrected chi connectivity index (χ4v) is 2.39. The summed E-state index contributed by atoms with van der Waals surface area (Å²) in [4.78, 5) is 13.6. The van der Waals surface area contributed by atoms with E-state index >= 15 is 0 Å². The molecule has 1 heterocycles. The third-order valence-corrected chi connectivity index (χ3v) is 3.48. The van der Waals surface area contributed by atoms with E-state index < -0.39 is 0 Å². The Bertz CT molecular complexity index is 442.